The fourth-order valence-electron chi connectivity index (χ4n) is 5.87. The van der Waals surface area contributed by atoms with Crippen molar-refractivity contribution in [1.82, 2.24) is 0 Å². The highest BCUT2D eigenvalue weighted by molar-refractivity contribution is 6.22. The van der Waals surface area contributed by atoms with Gasteiger partial charge in [0.15, 0.2) is 0 Å². The molecule has 6 rings (SSSR count). The molecule has 0 aromatic heterocycles. The number of carbonyl (C=O) groups excluding carboxylic acids is 2. The quantitative estimate of drug-likeness (QED) is 0.747. The van der Waals surface area contributed by atoms with Crippen LogP contribution in [0.5, 0.6) is 0 Å². The van der Waals surface area contributed by atoms with Crippen molar-refractivity contribution in [2.24, 2.45) is 35.5 Å². The molecule has 1 heterocycles. The summed E-state index contributed by atoms with van der Waals surface area (Å²) in [4.78, 5) is 27.6. The molecular weight excluding hydrogens is 274 g/mol. The number of fused-ring (bicyclic) bond motifs is 1. The molecule has 114 valence electrons. The fourth-order valence-corrected chi connectivity index (χ4v) is 5.87. The van der Waals surface area contributed by atoms with Crippen molar-refractivity contribution in [1.29, 1.82) is 0 Å². The molecule has 4 saturated carbocycles. The highest BCUT2D eigenvalue weighted by atomic mass is 16.2. The Morgan fingerprint density at radius 3 is 1.82 bits per heavy atom. The van der Waals surface area contributed by atoms with Crippen LogP contribution in [0.4, 0.5) is 5.69 Å². The molecule has 22 heavy (non-hydrogen) atoms. The predicted molar refractivity (Wildman–Crippen MR) is 83.2 cm³/mol. The zero-order valence-corrected chi connectivity index (χ0v) is 13.1. The number of benzene rings is 1. The van der Waals surface area contributed by atoms with Crippen molar-refractivity contribution in [3.8, 4) is 0 Å². The average molecular weight is 295 g/mol. The second-order valence-corrected chi connectivity index (χ2v) is 7.88. The van der Waals surface area contributed by atoms with E-state index in [9.17, 15) is 9.59 Å². The molecule has 1 aliphatic heterocycles. The highest BCUT2D eigenvalue weighted by Crippen LogP contribution is 2.68. The Bertz CT molecular complexity index is 655. The molecule has 5 fully saturated rings. The van der Waals surface area contributed by atoms with Gasteiger partial charge in [-0.15, -0.1) is 0 Å². The molecule has 1 aromatic carbocycles. The van der Waals surface area contributed by atoms with Gasteiger partial charge < -0.3 is 0 Å². The number of hydrogen-bond donors (Lipinski definition) is 0. The second kappa shape index (κ2) is 4.01. The van der Waals surface area contributed by atoms with Crippen molar-refractivity contribution in [2.45, 2.75) is 33.1 Å². The Labute approximate surface area is 130 Å². The Hall–Kier alpha value is -1.64. The molecule has 0 radical (unpaired) electrons. The summed E-state index contributed by atoms with van der Waals surface area (Å²) in [6.45, 7) is 4.04. The Balaban J connectivity index is 1.59. The maximum Gasteiger partial charge on any atom is 0.237 e. The molecule has 0 N–H and O–H groups in total. The number of anilines is 1. The van der Waals surface area contributed by atoms with Gasteiger partial charge in [0.05, 0.1) is 17.5 Å². The van der Waals surface area contributed by atoms with E-state index in [2.05, 4.69) is 6.07 Å². The summed E-state index contributed by atoms with van der Waals surface area (Å²) in [5.41, 5.74) is 3.00. The zero-order valence-electron chi connectivity index (χ0n) is 13.1. The number of carbonyl (C=O) groups is 2. The van der Waals surface area contributed by atoms with E-state index in [4.69, 9.17) is 0 Å². The SMILES string of the molecule is Cc1cc(C)cc(N2C(=O)[C@@H]3[C@@H]4CC[C@@H]([C@H]5C[C@H]54)[C@@H]3C2=O)c1. The van der Waals surface area contributed by atoms with Crippen LogP contribution in [0.3, 0.4) is 0 Å². The van der Waals surface area contributed by atoms with E-state index in [1.807, 2.05) is 26.0 Å². The molecule has 0 spiro atoms. The van der Waals surface area contributed by atoms with Crippen molar-refractivity contribution in [3.63, 3.8) is 0 Å². The summed E-state index contributed by atoms with van der Waals surface area (Å²) in [6.07, 6.45) is 3.59. The monoisotopic (exact) mass is 295 g/mol. The van der Waals surface area contributed by atoms with Crippen LogP contribution < -0.4 is 4.90 Å². The standard InChI is InChI=1S/C19H21NO2/c1-9-5-10(2)7-11(6-9)20-18(21)16-12-3-4-13(15-8-14(12)15)17(16)19(20)22/h5-7,12-17H,3-4,8H2,1-2H3/t12-,13+,14+,15-,16-,17+. The first kappa shape index (κ1) is 12.9. The van der Waals surface area contributed by atoms with Crippen LogP contribution >= 0.6 is 0 Å². The third-order valence-electron chi connectivity index (χ3n) is 6.61. The largest absolute Gasteiger partial charge is 0.274 e. The van der Waals surface area contributed by atoms with Crippen molar-refractivity contribution in [3.05, 3.63) is 29.3 Å². The maximum absolute atomic E-state index is 13.0. The topological polar surface area (TPSA) is 37.4 Å². The van der Waals surface area contributed by atoms with E-state index < -0.39 is 0 Å². The van der Waals surface area contributed by atoms with Crippen LogP contribution in [-0.2, 0) is 9.59 Å². The predicted octanol–water partition coefficient (Wildman–Crippen LogP) is 3.08. The van der Waals surface area contributed by atoms with E-state index in [0.717, 1.165) is 41.5 Å². The summed E-state index contributed by atoms with van der Waals surface area (Å²) in [7, 11) is 0. The Morgan fingerprint density at radius 1 is 0.818 bits per heavy atom. The third kappa shape index (κ3) is 1.47. The Morgan fingerprint density at radius 2 is 1.32 bits per heavy atom. The third-order valence-corrected chi connectivity index (χ3v) is 6.61. The fraction of sp³-hybridized carbons (Fsp3) is 0.579. The van der Waals surface area contributed by atoms with E-state index in [-0.39, 0.29) is 23.7 Å². The van der Waals surface area contributed by atoms with Gasteiger partial charge in [-0.25, -0.2) is 0 Å². The number of rotatable bonds is 1. The van der Waals surface area contributed by atoms with E-state index in [1.54, 1.807) is 0 Å². The molecule has 2 amide bonds. The summed E-state index contributed by atoms with van der Waals surface area (Å²) in [5, 5.41) is 0. The van der Waals surface area contributed by atoms with E-state index >= 15 is 0 Å². The van der Waals surface area contributed by atoms with Gasteiger partial charge in [-0.3, -0.25) is 14.5 Å². The minimum Gasteiger partial charge on any atom is -0.274 e. The Kier molecular flexibility index (Phi) is 2.34. The average Bonchev–Trinajstić information content (AvgIpc) is 3.23. The van der Waals surface area contributed by atoms with Crippen LogP contribution in [0.1, 0.15) is 30.4 Å². The smallest absolute Gasteiger partial charge is 0.237 e. The van der Waals surface area contributed by atoms with Crippen molar-refractivity contribution >= 4 is 17.5 Å². The lowest BCUT2D eigenvalue weighted by atomic mass is 9.59. The second-order valence-electron chi connectivity index (χ2n) is 7.88. The molecule has 1 saturated heterocycles. The van der Waals surface area contributed by atoms with Crippen LogP contribution in [0, 0.1) is 49.4 Å². The highest BCUT2D eigenvalue weighted by Gasteiger charge is 2.68. The van der Waals surface area contributed by atoms with Gasteiger partial charge in [0.2, 0.25) is 11.8 Å². The van der Waals surface area contributed by atoms with Gasteiger partial charge in [0.1, 0.15) is 0 Å². The lowest BCUT2D eigenvalue weighted by Gasteiger charge is -2.42. The molecule has 1 aromatic rings. The molecule has 3 nitrogen and oxygen atoms in total. The normalized spacial score (nSPS) is 41.6. The van der Waals surface area contributed by atoms with Gasteiger partial charge in [0.25, 0.3) is 0 Å². The number of hydrogen-bond acceptors (Lipinski definition) is 2. The molecule has 0 unspecified atom stereocenters. The van der Waals surface area contributed by atoms with Gasteiger partial charge in [0, 0.05) is 0 Å². The van der Waals surface area contributed by atoms with E-state index in [0.29, 0.717) is 11.8 Å². The lowest BCUT2D eigenvalue weighted by molar-refractivity contribution is -0.129. The lowest BCUT2D eigenvalue weighted by Crippen LogP contribution is -2.43. The van der Waals surface area contributed by atoms with Gasteiger partial charge in [-0.2, -0.15) is 0 Å². The number of imide groups is 1. The number of amides is 2. The summed E-state index contributed by atoms with van der Waals surface area (Å²) in [6, 6.07) is 6.03. The van der Waals surface area contributed by atoms with Crippen molar-refractivity contribution in [2.75, 3.05) is 4.90 Å². The first-order chi connectivity index (χ1) is 10.6. The zero-order chi connectivity index (χ0) is 15.2. The van der Waals surface area contributed by atoms with Gasteiger partial charge >= 0.3 is 0 Å². The molecule has 2 bridgehead atoms. The molecule has 6 atom stereocenters. The van der Waals surface area contributed by atoms with Crippen LogP contribution in [-0.4, -0.2) is 11.8 Å². The number of aryl methyl sites for hydroxylation is 2. The van der Waals surface area contributed by atoms with Crippen LogP contribution in [0.15, 0.2) is 18.2 Å². The molecule has 5 aliphatic rings. The summed E-state index contributed by atoms with van der Waals surface area (Å²) >= 11 is 0. The molecular formula is C19H21NO2. The minimum atomic E-state index is -0.0178. The summed E-state index contributed by atoms with van der Waals surface area (Å²) < 4.78 is 0. The van der Waals surface area contributed by atoms with Crippen molar-refractivity contribution < 1.29 is 9.59 Å². The summed E-state index contributed by atoms with van der Waals surface area (Å²) in [5.74, 6) is 2.58. The first-order valence-corrected chi connectivity index (χ1v) is 8.52. The van der Waals surface area contributed by atoms with E-state index in [1.165, 1.54) is 11.3 Å². The molecule has 4 aliphatic carbocycles. The first-order valence-electron chi connectivity index (χ1n) is 8.52. The van der Waals surface area contributed by atoms with Gasteiger partial charge in [-0.05, 0) is 80.0 Å². The number of nitrogens with zero attached hydrogens (tertiary/aromatic N) is 1. The van der Waals surface area contributed by atoms with Gasteiger partial charge in [-0.1, -0.05) is 6.07 Å². The van der Waals surface area contributed by atoms with Crippen LogP contribution in [0.25, 0.3) is 0 Å². The minimum absolute atomic E-state index is 0.0178. The van der Waals surface area contributed by atoms with Crippen LogP contribution in [0.2, 0.25) is 0 Å². The maximum atomic E-state index is 13.0. The molecule has 3 heteroatoms.